The van der Waals surface area contributed by atoms with Crippen LogP contribution in [0.15, 0.2) is 48.7 Å². The standard InChI is InChI=1S/C27H30ClF3N4O4/c1-2-35-25-19(16-32-35)15-22(28)33-20(25)11-8-14-37-21(17-39-23-12-6-7-13-38-23)24(18-9-4-3-5-10-18)34-26(36)27(29,30)31/h3-5,8-11,15-16,21,23-24H,2,6-7,12-14,17H2,1H3,(H,34,36). The lowest BCUT2D eigenvalue weighted by atomic mass is 10.0. The molecule has 1 aliphatic rings. The molecule has 210 valence electrons. The maximum atomic E-state index is 13.2. The van der Waals surface area contributed by atoms with Gasteiger partial charge in [0, 0.05) is 18.5 Å². The van der Waals surface area contributed by atoms with Gasteiger partial charge in [0.15, 0.2) is 6.29 Å². The molecule has 1 aliphatic heterocycles. The number of ether oxygens (including phenoxy) is 3. The number of hydrogen-bond acceptors (Lipinski definition) is 6. The molecule has 0 radical (unpaired) electrons. The third-order valence-electron chi connectivity index (χ3n) is 6.25. The van der Waals surface area contributed by atoms with E-state index in [0.717, 1.165) is 23.7 Å². The Morgan fingerprint density at radius 2 is 2.10 bits per heavy atom. The van der Waals surface area contributed by atoms with Crippen molar-refractivity contribution in [1.82, 2.24) is 20.1 Å². The van der Waals surface area contributed by atoms with E-state index in [1.54, 1.807) is 59.4 Å². The maximum absolute atomic E-state index is 13.2. The van der Waals surface area contributed by atoms with Crippen LogP contribution in [0.4, 0.5) is 13.2 Å². The molecule has 0 spiro atoms. The fourth-order valence-corrected chi connectivity index (χ4v) is 4.58. The lowest BCUT2D eigenvalue weighted by Gasteiger charge is -2.31. The number of amides is 1. The number of benzene rings is 1. The van der Waals surface area contributed by atoms with Gasteiger partial charge in [-0.15, -0.1) is 0 Å². The number of aryl methyl sites for hydroxylation is 1. The molecule has 4 rings (SSSR count). The van der Waals surface area contributed by atoms with Crippen molar-refractivity contribution < 1.29 is 32.2 Å². The second kappa shape index (κ2) is 13.4. The topological polar surface area (TPSA) is 87.5 Å². The summed E-state index contributed by atoms with van der Waals surface area (Å²) >= 11 is 6.18. The summed E-state index contributed by atoms with van der Waals surface area (Å²) in [5, 5.41) is 7.56. The van der Waals surface area contributed by atoms with Crippen LogP contribution in [-0.4, -0.2) is 59.1 Å². The van der Waals surface area contributed by atoms with Crippen molar-refractivity contribution in [3.63, 3.8) is 0 Å². The quantitative estimate of drug-likeness (QED) is 0.310. The van der Waals surface area contributed by atoms with E-state index in [0.29, 0.717) is 36.0 Å². The molecule has 1 amide bonds. The number of nitrogens with one attached hydrogen (secondary N) is 1. The summed E-state index contributed by atoms with van der Waals surface area (Å²) in [6.07, 6.45) is 1.10. The fourth-order valence-electron chi connectivity index (χ4n) is 4.37. The van der Waals surface area contributed by atoms with Gasteiger partial charge in [-0.1, -0.05) is 48.0 Å². The Kier molecular flexibility index (Phi) is 9.95. The summed E-state index contributed by atoms with van der Waals surface area (Å²) in [6.45, 7) is 3.03. The SMILES string of the molecule is CCn1ncc2cc(Cl)nc(C=CCOC(COC3CCCCO3)C(NC(=O)C(F)(F)F)c3ccccc3)c21. The number of aromatic nitrogens is 3. The normalized spacial score (nSPS) is 17.9. The number of nitrogens with zero attached hydrogens (tertiary/aromatic N) is 3. The van der Waals surface area contributed by atoms with E-state index >= 15 is 0 Å². The highest BCUT2D eigenvalue weighted by Crippen LogP contribution is 2.26. The largest absolute Gasteiger partial charge is 0.471 e. The first kappa shape index (κ1) is 29.0. The third-order valence-corrected chi connectivity index (χ3v) is 6.45. The molecule has 1 N–H and O–H groups in total. The second-order valence-corrected chi connectivity index (χ2v) is 9.38. The van der Waals surface area contributed by atoms with Crippen LogP contribution in [0.5, 0.6) is 0 Å². The summed E-state index contributed by atoms with van der Waals surface area (Å²) in [5.74, 6) is -2.06. The minimum absolute atomic E-state index is 0.000715. The van der Waals surface area contributed by atoms with Crippen LogP contribution in [0, 0.1) is 0 Å². The predicted molar refractivity (Wildman–Crippen MR) is 140 cm³/mol. The van der Waals surface area contributed by atoms with Crippen molar-refractivity contribution in [2.75, 3.05) is 19.8 Å². The average Bonchev–Trinajstić information content (AvgIpc) is 3.35. The molecule has 3 atom stereocenters. The van der Waals surface area contributed by atoms with Crippen LogP contribution >= 0.6 is 11.6 Å². The van der Waals surface area contributed by atoms with Crippen molar-refractivity contribution >= 4 is 34.5 Å². The third kappa shape index (κ3) is 7.78. The fraction of sp³-hybridized carbons (Fsp3) is 0.444. The summed E-state index contributed by atoms with van der Waals surface area (Å²) in [4.78, 5) is 16.3. The number of alkyl halides is 3. The predicted octanol–water partition coefficient (Wildman–Crippen LogP) is 5.47. The molecule has 12 heteroatoms. The summed E-state index contributed by atoms with van der Waals surface area (Å²) in [5.41, 5.74) is 1.82. The number of hydrogen-bond donors (Lipinski definition) is 1. The molecule has 1 fully saturated rings. The van der Waals surface area contributed by atoms with Gasteiger partial charge in [0.25, 0.3) is 0 Å². The Bertz CT molecular complexity index is 1260. The molecule has 0 bridgehead atoms. The van der Waals surface area contributed by atoms with E-state index in [1.165, 1.54) is 0 Å². The van der Waals surface area contributed by atoms with E-state index < -0.39 is 30.5 Å². The van der Waals surface area contributed by atoms with Crippen LogP contribution in [-0.2, 0) is 25.5 Å². The number of carbonyl (C=O) groups excluding carboxylic acids is 1. The van der Waals surface area contributed by atoms with Gasteiger partial charge in [0.2, 0.25) is 0 Å². The highest BCUT2D eigenvalue weighted by molar-refractivity contribution is 6.30. The second-order valence-electron chi connectivity index (χ2n) is 8.99. The summed E-state index contributed by atoms with van der Waals surface area (Å²) in [7, 11) is 0. The molecule has 0 aliphatic carbocycles. The monoisotopic (exact) mass is 566 g/mol. The van der Waals surface area contributed by atoms with Gasteiger partial charge in [-0.05, 0) is 43.9 Å². The highest BCUT2D eigenvalue weighted by Gasteiger charge is 2.41. The first-order valence-electron chi connectivity index (χ1n) is 12.7. The average molecular weight is 567 g/mol. The van der Waals surface area contributed by atoms with Crippen molar-refractivity contribution in [2.24, 2.45) is 0 Å². The van der Waals surface area contributed by atoms with Gasteiger partial charge >= 0.3 is 12.1 Å². The van der Waals surface area contributed by atoms with Crippen LogP contribution < -0.4 is 5.32 Å². The molecule has 1 saturated heterocycles. The Morgan fingerprint density at radius 1 is 1.31 bits per heavy atom. The first-order chi connectivity index (χ1) is 18.8. The van der Waals surface area contributed by atoms with E-state index in [4.69, 9.17) is 25.8 Å². The number of halogens is 4. The molecule has 3 aromatic rings. The molecule has 1 aromatic carbocycles. The zero-order valence-corrected chi connectivity index (χ0v) is 22.1. The van der Waals surface area contributed by atoms with Gasteiger partial charge in [-0.3, -0.25) is 9.48 Å². The lowest BCUT2D eigenvalue weighted by Crippen LogP contribution is -2.45. The Labute approximate surface area is 229 Å². The minimum Gasteiger partial charge on any atom is -0.369 e. The van der Waals surface area contributed by atoms with Crippen molar-refractivity contribution in [1.29, 1.82) is 0 Å². The molecule has 0 saturated carbocycles. The first-order valence-corrected chi connectivity index (χ1v) is 13.1. The smallest absolute Gasteiger partial charge is 0.369 e. The van der Waals surface area contributed by atoms with Crippen molar-refractivity contribution in [3.8, 4) is 0 Å². The maximum Gasteiger partial charge on any atom is 0.471 e. The molecule has 3 heterocycles. The van der Waals surface area contributed by atoms with Gasteiger partial charge in [0.1, 0.15) is 11.3 Å². The van der Waals surface area contributed by atoms with Gasteiger partial charge in [0.05, 0.1) is 36.7 Å². The number of carbonyl (C=O) groups is 1. The molecule has 8 nitrogen and oxygen atoms in total. The molecule has 3 unspecified atom stereocenters. The minimum atomic E-state index is -5.06. The zero-order valence-electron chi connectivity index (χ0n) is 21.4. The number of fused-ring (bicyclic) bond motifs is 1. The van der Waals surface area contributed by atoms with E-state index in [1.807, 2.05) is 6.92 Å². The van der Waals surface area contributed by atoms with Crippen molar-refractivity contribution in [3.05, 3.63) is 65.1 Å². The number of pyridine rings is 1. The van der Waals surface area contributed by atoms with Gasteiger partial charge in [-0.25, -0.2) is 4.98 Å². The highest BCUT2D eigenvalue weighted by atomic mass is 35.5. The van der Waals surface area contributed by atoms with E-state index in [-0.39, 0.29) is 13.2 Å². The van der Waals surface area contributed by atoms with Gasteiger partial charge < -0.3 is 19.5 Å². The Morgan fingerprint density at radius 3 is 2.79 bits per heavy atom. The van der Waals surface area contributed by atoms with Crippen LogP contribution in [0.2, 0.25) is 5.15 Å². The van der Waals surface area contributed by atoms with Crippen molar-refractivity contribution in [2.45, 2.75) is 57.3 Å². The Balaban J connectivity index is 1.55. The van der Waals surface area contributed by atoms with E-state index in [9.17, 15) is 18.0 Å². The van der Waals surface area contributed by atoms with Gasteiger partial charge in [-0.2, -0.15) is 18.3 Å². The molecule has 2 aromatic heterocycles. The zero-order chi connectivity index (χ0) is 27.8. The number of rotatable bonds is 11. The molecular formula is C27H30ClF3N4O4. The van der Waals surface area contributed by atoms with Crippen LogP contribution in [0.3, 0.4) is 0 Å². The molecule has 39 heavy (non-hydrogen) atoms. The Hall–Kier alpha value is -2.99. The van der Waals surface area contributed by atoms with Crippen LogP contribution in [0.1, 0.15) is 43.5 Å². The summed E-state index contributed by atoms with van der Waals surface area (Å²) < 4.78 is 59.0. The van der Waals surface area contributed by atoms with E-state index in [2.05, 4.69) is 15.4 Å². The summed E-state index contributed by atoms with van der Waals surface area (Å²) in [6, 6.07) is 8.94. The molecular weight excluding hydrogens is 537 g/mol. The van der Waals surface area contributed by atoms with Crippen LogP contribution in [0.25, 0.3) is 17.0 Å². The lowest BCUT2D eigenvalue weighted by molar-refractivity contribution is -0.186.